The van der Waals surface area contributed by atoms with Gasteiger partial charge in [0.25, 0.3) is 0 Å². The Bertz CT molecular complexity index is 349. The van der Waals surface area contributed by atoms with Gasteiger partial charge in [0, 0.05) is 11.1 Å². The van der Waals surface area contributed by atoms with Crippen molar-refractivity contribution in [3.63, 3.8) is 0 Å². The van der Waals surface area contributed by atoms with Crippen molar-refractivity contribution >= 4 is 0 Å². The lowest BCUT2D eigenvalue weighted by atomic mass is 9.86. The number of rotatable bonds is 3. The molecule has 1 aromatic rings. The number of nitrogens with two attached hydrogens (primary N) is 1. The third kappa shape index (κ3) is 1.85. The molecule has 2 rings (SSSR count). The molecule has 15 heavy (non-hydrogen) atoms. The summed E-state index contributed by atoms with van der Waals surface area (Å²) in [5, 5.41) is 0. The molecule has 0 aliphatic carbocycles. The smallest absolute Gasteiger partial charge is 0.171 e. The van der Waals surface area contributed by atoms with Crippen LogP contribution in [-0.2, 0) is 4.89 Å². The average Bonchev–Trinajstić information content (AvgIpc) is 2.61. The maximum absolute atomic E-state index is 6.24. The van der Waals surface area contributed by atoms with Crippen LogP contribution in [-0.4, -0.2) is 5.54 Å². The SMILES string of the molecule is CCCC(C)(N)C1OOc2ccccc21. The summed E-state index contributed by atoms with van der Waals surface area (Å²) in [6, 6.07) is 7.81. The van der Waals surface area contributed by atoms with Crippen LogP contribution in [0.25, 0.3) is 0 Å². The van der Waals surface area contributed by atoms with Gasteiger partial charge in [-0.25, -0.2) is 0 Å². The maximum atomic E-state index is 6.24. The molecule has 2 N–H and O–H groups in total. The fourth-order valence-corrected chi connectivity index (χ4v) is 2.06. The standard InChI is InChI=1S/C12H17NO2/c1-3-8-12(2,13)11-9-6-4-5-7-10(9)14-15-11/h4-7,11H,3,8,13H2,1-2H3. The first-order chi connectivity index (χ1) is 7.15. The van der Waals surface area contributed by atoms with Gasteiger partial charge in [0.05, 0.1) is 0 Å². The zero-order valence-corrected chi connectivity index (χ0v) is 9.19. The summed E-state index contributed by atoms with van der Waals surface area (Å²) in [4.78, 5) is 10.5. The van der Waals surface area contributed by atoms with Crippen LogP contribution >= 0.6 is 0 Å². The number of hydrogen-bond donors (Lipinski definition) is 1. The van der Waals surface area contributed by atoms with Crippen LogP contribution in [0.2, 0.25) is 0 Å². The van der Waals surface area contributed by atoms with E-state index in [9.17, 15) is 0 Å². The lowest BCUT2D eigenvalue weighted by Gasteiger charge is -2.28. The Morgan fingerprint density at radius 1 is 1.40 bits per heavy atom. The van der Waals surface area contributed by atoms with Crippen molar-refractivity contribution in [1.82, 2.24) is 0 Å². The molecule has 1 aromatic carbocycles. The molecule has 0 saturated carbocycles. The van der Waals surface area contributed by atoms with Gasteiger partial charge in [-0.3, -0.25) is 0 Å². The van der Waals surface area contributed by atoms with Gasteiger partial charge in [0.1, 0.15) is 0 Å². The summed E-state index contributed by atoms with van der Waals surface area (Å²) in [6.07, 6.45) is 1.79. The monoisotopic (exact) mass is 207 g/mol. The molecule has 82 valence electrons. The molecule has 0 fully saturated rings. The molecule has 1 aliphatic rings. The molecule has 1 aliphatic heterocycles. The molecule has 2 unspecified atom stereocenters. The Morgan fingerprint density at radius 3 is 2.87 bits per heavy atom. The minimum Gasteiger partial charge on any atom is -0.336 e. The van der Waals surface area contributed by atoms with E-state index in [2.05, 4.69) is 6.92 Å². The molecule has 3 nitrogen and oxygen atoms in total. The van der Waals surface area contributed by atoms with Gasteiger partial charge in [0.2, 0.25) is 0 Å². The molecular formula is C12H17NO2. The van der Waals surface area contributed by atoms with E-state index in [0.717, 1.165) is 24.2 Å². The predicted octanol–water partition coefficient (Wildman–Crippen LogP) is 2.57. The third-order valence-corrected chi connectivity index (χ3v) is 2.82. The second kappa shape index (κ2) is 3.83. The molecule has 0 bridgehead atoms. The van der Waals surface area contributed by atoms with Gasteiger partial charge in [-0.05, 0) is 19.4 Å². The van der Waals surface area contributed by atoms with Crippen molar-refractivity contribution in [3.05, 3.63) is 29.8 Å². The van der Waals surface area contributed by atoms with E-state index in [1.54, 1.807) is 0 Å². The fraction of sp³-hybridized carbons (Fsp3) is 0.500. The number of fused-ring (bicyclic) bond motifs is 1. The Hall–Kier alpha value is -1.06. The van der Waals surface area contributed by atoms with Crippen molar-refractivity contribution < 1.29 is 9.78 Å². The zero-order chi connectivity index (χ0) is 10.9. The Labute approximate surface area is 90.1 Å². The van der Waals surface area contributed by atoms with Crippen molar-refractivity contribution in [3.8, 4) is 5.75 Å². The first-order valence-corrected chi connectivity index (χ1v) is 5.36. The van der Waals surface area contributed by atoms with Crippen LogP contribution in [0.4, 0.5) is 0 Å². The molecule has 3 heteroatoms. The van der Waals surface area contributed by atoms with Crippen LogP contribution in [0.15, 0.2) is 24.3 Å². The molecule has 2 atom stereocenters. The molecule has 1 heterocycles. The minimum atomic E-state index is -0.374. The normalized spacial score (nSPS) is 23.0. The average molecular weight is 207 g/mol. The summed E-state index contributed by atoms with van der Waals surface area (Å²) in [7, 11) is 0. The molecule has 0 spiro atoms. The predicted molar refractivity (Wildman–Crippen MR) is 58.4 cm³/mol. The van der Waals surface area contributed by atoms with Crippen molar-refractivity contribution in [1.29, 1.82) is 0 Å². The summed E-state index contributed by atoms with van der Waals surface area (Å²) in [5.41, 5.74) is 6.92. The van der Waals surface area contributed by atoms with Gasteiger partial charge in [0.15, 0.2) is 11.9 Å². The summed E-state index contributed by atoms with van der Waals surface area (Å²) in [5.74, 6) is 0.787. The van der Waals surface area contributed by atoms with Crippen LogP contribution in [0.1, 0.15) is 38.4 Å². The summed E-state index contributed by atoms with van der Waals surface area (Å²) < 4.78 is 0. The second-order valence-corrected chi connectivity index (χ2v) is 4.35. The third-order valence-electron chi connectivity index (χ3n) is 2.82. The molecule has 0 amide bonds. The van der Waals surface area contributed by atoms with E-state index in [-0.39, 0.29) is 11.6 Å². The van der Waals surface area contributed by atoms with E-state index >= 15 is 0 Å². The maximum Gasteiger partial charge on any atom is 0.171 e. The van der Waals surface area contributed by atoms with Crippen molar-refractivity contribution in [2.24, 2.45) is 5.73 Å². The lowest BCUT2D eigenvalue weighted by molar-refractivity contribution is -0.239. The van der Waals surface area contributed by atoms with Gasteiger partial charge >= 0.3 is 0 Å². The van der Waals surface area contributed by atoms with Gasteiger partial charge < -0.3 is 10.6 Å². The first-order valence-electron chi connectivity index (χ1n) is 5.36. The highest BCUT2D eigenvalue weighted by Crippen LogP contribution is 2.41. The van der Waals surface area contributed by atoms with Crippen LogP contribution in [0.5, 0.6) is 5.75 Å². The number of hydrogen-bond acceptors (Lipinski definition) is 3. The van der Waals surface area contributed by atoms with E-state index in [1.165, 1.54) is 0 Å². The Morgan fingerprint density at radius 2 is 2.13 bits per heavy atom. The van der Waals surface area contributed by atoms with E-state index < -0.39 is 0 Å². The molecule has 0 radical (unpaired) electrons. The molecule has 0 aromatic heterocycles. The largest absolute Gasteiger partial charge is 0.336 e. The number of benzene rings is 1. The van der Waals surface area contributed by atoms with E-state index in [0.29, 0.717) is 0 Å². The Kier molecular flexibility index (Phi) is 2.67. The fourth-order valence-electron chi connectivity index (χ4n) is 2.06. The van der Waals surface area contributed by atoms with Crippen LogP contribution < -0.4 is 10.6 Å². The van der Waals surface area contributed by atoms with Gasteiger partial charge in [-0.15, -0.1) is 0 Å². The lowest BCUT2D eigenvalue weighted by Crippen LogP contribution is -2.42. The molecule has 0 saturated heterocycles. The zero-order valence-electron chi connectivity index (χ0n) is 9.19. The van der Waals surface area contributed by atoms with E-state index in [4.69, 9.17) is 15.5 Å². The quantitative estimate of drug-likeness (QED) is 0.775. The number of para-hydroxylation sites is 1. The topological polar surface area (TPSA) is 44.5 Å². The second-order valence-electron chi connectivity index (χ2n) is 4.35. The van der Waals surface area contributed by atoms with Crippen molar-refractivity contribution in [2.45, 2.75) is 38.3 Å². The first kappa shape index (κ1) is 10.5. The highest BCUT2D eigenvalue weighted by molar-refractivity contribution is 5.38. The summed E-state index contributed by atoms with van der Waals surface area (Å²) in [6.45, 7) is 4.12. The van der Waals surface area contributed by atoms with Crippen LogP contribution in [0.3, 0.4) is 0 Å². The highest BCUT2D eigenvalue weighted by Gasteiger charge is 2.38. The summed E-state index contributed by atoms with van der Waals surface area (Å²) >= 11 is 0. The Balaban J connectivity index is 2.27. The van der Waals surface area contributed by atoms with Gasteiger partial charge in [-0.2, -0.15) is 4.89 Å². The highest BCUT2D eigenvalue weighted by atomic mass is 17.2. The molecular weight excluding hydrogens is 190 g/mol. The minimum absolute atomic E-state index is 0.159. The van der Waals surface area contributed by atoms with Crippen molar-refractivity contribution in [2.75, 3.05) is 0 Å². The van der Waals surface area contributed by atoms with Crippen LogP contribution in [0, 0.1) is 0 Å². The van der Waals surface area contributed by atoms with Gasteiger partial charge in [-0.1, -0.05) is 31.5 Å². The van der Waals surface area contributed by atoms with E-state index in [1.807, 2.05) is 31.2 Å².